The van der Waals surface area contributed by atoms with E-state index in [-0.39, 0.29) is 0 Å². The largest absolute Gasteiger partial charge is 0.497 e. The van der Waals surface area contributed by atoms with E-state index in [2.05, 4.69) is 44.2 Å². The number of benzene rings is 1. The third kappa shape index (κ3) is 2.13. The zero-order valence-corrected chi connectivity index (χ0v) is 14.1. The summed E-state index contributed by atoms with van der Waals surface area (Å²) in [6.07, 6.45) is 11.9. The van der Waals surface area contributed by atoms with Crippen LogP contribution in [-0.2, 0) is 0 Å². The van der Waals surface area contributed by atoms with Gasteiger partial charge in [0.1, 0.15) is 5.75 Å². The van der Waals surface area contributed by atoms with Crippen molar-refractivity contribution < 1.29 is 4.74 Å². The summed E-state index contributed by atoms with van der Waals surface area (Å²) in [6.45, 7) is 5.02. The molecule has 1 aromatic rings. The van der Waals surface area contributed by atoms with Gasteiger partial charge in [-0.25, -0.2) is 0 Å². The van der Waals surface area contributed by atoms with Crippen LogP contribution in [0.15, 0.2) is 24.3 Å². The lowest BCUT2D eigenvalue weighted by Crippen LogP contribution is -2.44. The van der Waals surface area contributed by atoms with Crippen LogP contribution in [0, 0.1) is 23.2 Å². The Morgan fingerprint density at radius 3 is 2.86 bits per heavy atom. The molecule has 22 heavy (non-hydrogen) atoms. The van der Waals surface area contributed by atoms with Gasteiger partial charge < -0.3 is 4.74 Å². The first-order valence-corrected chi connectivity index (χ1v) is 8.97. The minimum atomic E-state index is 0.577. The van der Waals surface area contributed by atoms with E-state index in [0.29, 0.717) is 5.41 Å². The van der Waals surface area contributed by atoms with E-state index in [0.717, 1.165) is 29.4 Å². The number of ether oxygens (including phenoxy) is 1. The predicted octanol–water partition coefficient (Wildman–Crippen LogP) is 5.66. The van der Waals surface area contributed by atoms with Gasteiger partial charge in [0.2, 0.25) is 0 Å². The van der Waals surface area contributed by atoms with Crippen LogP contribution in [0.4, 0.5) is 0 Å². The molecule has 0 aliphatic heterocycles. The van der Waals surface area contributed by atoms with Crippen LogP contribution in [-0.4, -0.2) is 7.11 Å². The molecule has 2 fully saturated rings. The van der Waals surface area contributed by atoms with Crippen LogP contribution in [0.5, 0.6) is 5.75 Å². The van der Waals surface area contributed by atoms with Crippen molar-refractivity contribution in [2.45, 2.75) is 51.9 Å². The highest BCUT2D eigenvalue weighted by molar-refractivity contribution is 5.61. The molecule has 0 bridgehead atoms. The third-order valence-electron chi connectivity index (χ3n) is 6.83. The van der Waals surface area contributed by atoms with Crippen molar-refractivity contribution in [3.05, 3.63) is 35.4 Å². The van der Waals surface area contributed by atoms with Crippen LogP contribution >= 0.6 is 0 Å². The maximum absolute atomic E-state index is 5.40. The molecule has 0 spiro atoms. The highest BCUT2D eigenvalue weighted by atomic mass is 16.5. The van der Waals surface area contributed by atoms with E-state index in [1.807, 2.05) is 0 Å². The van der Waals surface area contributed by atoms with Gasteiger partial charge in [0.25, 0.3) is 0 Å². The van der Waals surface area contributed by atoms with Crippen molar-refractivity contribution in [3.8, 4) is 5.75 Å². The van der Waals surface area contributed by atoms with Gasteiger partial charge in [-0.05, 0) is 78.0 Å². The molecule has 0 N–H and O–H groups in total. The molecular formula is C21H28O. The Hall–Kier alpha value is -1.24. The summed E-state index contributed by atoms with van der Waals surface area (Å²) in [5.41, 5.74) is 3.52. The average molecular weight is 296 g/mol. The lowest BCUT2D eigenvalue weighted by atomic mass is 9.51. The van der Waals surface area contributed by atoms with Crippen molar-refractivity contribution in [3.63, 3.8) is 0 Å². The van der Waals surface area contributed by atoms with Gasteiger partial charge in [-0.1, -0.05) is 38.5 Å². The van der Waals surface area contributed by atoms with Gasteiger partial charge in [-0.2, -0.15) is 0 Å². The Labute approximate surface area is 134 Å². The van der Waals surface area contributed by atoms with E-state index >= 15 is 0 Å². The molecule has 3 aliphatic carbocycles. The molecule has 1 nitrogen and oxygen atoms in total. The molecule has 3 aliphatic rings. The fraction of sp³-hybridized carbons (Fsp3) is 0.619. The van der Waals surface area contributed by atoms with Gasteiger partial charge in [0.05, 0.1) is 7.11 Å². The quantitative estimate of drug-likeness (QED) is 0.650. The predicted molar refractivity (Wildman–Crippen MR) is 92.1 cm³/mol. The van der Waals surface area contributed by atoms with Crippen molar-refractivity contribution >= 4 is 6.08 Å². The second-order valence-corrected chi connectivity index (χ2v) is 8.22. The van der Waals surface area contributed by atoms with Crippen molar-refractivity contribution in [2.24, 2.45) is 23.2 Å². The molecule has 0 saturated heterocycles. The molecule has 1 heteroatoms. The van der Waals surface area contributed by atoms with Crippen molar-refractivity contribution in [1.82, 2.24) is 0 Å². The minimum absolute atomic E-state index is 0.577. The molecular weight excluding hydrogens is 268 g/mol. The molecule has 118 valence electrons. The lowest BCUT2D eigenvalue weighted by molar-refractivity contribution is 0.000870. The van der Waals surface area contributed by atoms with Gasteiger partial charge in [-0.3, -0.25) is 0 Å². The molecule has 4 rings (SSSR count). The molecule has 1 aromatic carbocycles. The Morgan fingerprint density at radius 1 is 1.18 bits per heavy atom. The van der Waals surface area contributed by atoms with Gasteiger partial charge in [0.15, 0.2) is 0 Å². The summed E-state index contributed by atoms with van der Waals surface area (Å²) in [6, 6.07) is 6.67. The van der Waals surface area contributed by atoms with E-state index in [1.54, 1.807) is 12.7 Å². The van der Waals surface area contributed by atoms with E-state index in [4.69, 9.17) is 4.74 Å². The van der Waals surface area contributed by atoms with Crippen LogP contribution in [0.2, 0.25) is 0 Å². The number of allylic oxidation sites excluding steroid dienone is 1. The van der Waals surface area contributed by atoms with Crippen LogP contribution in [0.1, 0.15) is 63.0 Å². The average Bonchev–Trinajstić information content (AvgIpc) is 2.52. The summed E-state index contributed by atoms with van der Waals surface area (Å²) in [5, 5.41) is 0. The summed E-state index contributed by atoms with van der Waals surface area (Å²) in [4.78, 5) is 0. The summed E-state index contributed by atoms with van der Waals surface area (Å²) >= 11 is 0. The molecule has 0 radical (unpaired) electrons. The van der Waals surface area contributed by atoms with E-state index in [9.17, 15) is 0 Å². The molecule has 2 saturated carbocycles. The molecule has 5 atom stereocenters. The van der Waals surface area contributed by atoms with E-state index in [1.165, 1.54) is 37.7 Å². The van der Waals surface area contributed by atoms with Crippen molar-refractivity contribution in [2.75, 3.05) is 7.11 Å². The Kier molecular flexibility index (Phi) is 3.36. The summed E-state index contributed by atoms with van der Waals surface area (Å²) in [7, 11) is 1.76. The lowest BCUT2D eigenvalue weighted by Gasteiger charge is -2.54. The first-order chi connectivity index (χ1) is 10.6. The molecule has 0 aromatic heterocycles. The monoisotopic (exact) mass is 296 g/mol. The minimum Gasteiger partial charge on any atom is -0.497 e. The number of rotatable bonds is 1. The maximum atomic E-state index is 5.40. The highest BCUT2D eigenvalue weighted by Gasteiger charge is 2.48. The second kappa shape index (κ2) is 5.15. The third-order valence-corrected chi connectivity index (χ3v) is 6.83. The molecule has 0 heterocycles. The zero-order valence-electron chi connectivity index (χ0n) is 14.1. The van der Waals surface area contributed by atoms with E-state index < -0.39 is 0 Å². The first-order valence-electron chi connectivity index (χ1n) is 8.97. The van der Waals surface area contributed by atoms with Crippen LogP contribution in [0.25, 0.3) is 6.08 Å². The molecule has 0 amide bonds. The highest BCUT2D eigenvalue weighted by Crippen LogP contribution is 2.59. The van der Waals surface area contributed by atoms with Crippen LogP contribution in [0.3, 0.4) is 0 Å². The number of hydrogen-bond donors (Lipinski definition) is 0. The second-order valence-electron chi connectivity index (χ2n) is 8.22. The first kappa shape index (κ1) is 14.4. The standard InChI is InChI=1S/C21H28O/c1-14-4-9-20-19-7-5-15-12-16(22-3)6-8-17(15)18(19)10-11-21(20,2)13-14/h5-8,12,14,18-20H,4,9-11,13H2,1-3H3/t14-,18?,19?,20?,21-/m1/s1. The number of methoxy groups -OCH3 is 1. The Morgan fingerprint density at radius 2 is 2.05 bits per heavy atom. The SMILES string of the molecule is COc1ccc2c(c1)C=CC1C2CC[C@]2(C)C[C@H](C)CCC12. The summed E-state index contributed by atoms with van der Waals surface area (Å²) in [5.74, 6) is 4.27. The van der Waals surface area contributed by atoms with Gasteiger partial charge in [0, 0.05) is 0 Å². The van der Waals surface area contributed by atoms with Crippen molar-refractivity contribution in [1.29, 1.82) is 0 Å². The fourth-order valence-corrected chi connectivity index (χ4v) is 5.77. The van der Waals surface area contributed by atoms with Gasteiger partial charge in [-0.15, -0.1) is 0 Å². The van der Waals surface area contributed by atoms with Gasteiger partial charge >= 0.3 is 0 Å². The Balaban J connectivity index is 1.68. The smallest absolute Gasteiger partial charge is 0.119 e. The number of fused-ring (bicyclic) bond motifs is 5. The van der Waals surface area contributed by atoms with Crippen LogP contribution < -0.4 is 4.74 Å². The molecule has 3 unspecified atom stereocenters. The maximum Gasteiger partial charge on any atom is 0.119 e. The number of hydrogen-bond acceptors (Lipinski definition) is 1. The Bertz CT molecular complexity index is 602. The zero-order chi connectivity index (χ0) is 15.3. The normalized spacial score (nSPS) is 39.6. The summed E-state index contributed by atoms with van der Waals surface area (Å²) < 4.78 is 5.40. The fourth-order valence-electron chi connectivity index (χ4n) is 5.77. The topological polar surface area (TPSA) is 9.23 Å².